The summed E-state index contributed by atoms with van der Waals surface area (Å²) in [7, 11) is 0. The van der Waals surface area contributed by atoms with E-state index in [4.69, 9.17) is 0 Å². The molecular formula is C19H28O2. The Labute approximate surface area is 128 Å². The SMILES string of the molecule is CCCCCC=CCC=CCC=CC[C@@]1(O)C=CC(=O)C1. The highest BCUT2D eigenvalue weighted by molar-refractivity contribution is 5.93. The standard InChI is InChI=1S/C19H28O2/c1-2-3-4-5-6-7-8-9-10-11-12-13-15-19(21)16-14-18(20)17-19/h6-7,9-10,12-14,16,21H,2-5,8,11,15,17H2,1H3/t19-/m1/s1. The van der Waals surface area contributed by atoms with E-state index < -0.39 is 5.60 Å². The van der Waals surface area contributed by atoms with Gasteiger partial charge in [-0.1, -0.05) is 56.2 Å². The fourth-order valence-electron chi connectivity index (χ4n) is 2.27. The number of ketones is 1. The highest BCUT2D eigenvalue weighted by atomic mass is 16.3. The van der Waals surface area contributed by atoms with Crippen molar-refractivity contribution >= 4 is 5.78 Å². The Bertz CT molecular complexity index is 415. The van der Waals surface area contributed by atoms with Gasteiger partial charge in [0.1, 0.15) is 0 Å². The number of carbonyl (C=O) groups excluding carboxylic acids is 1. The summed E-state index contributed by atoms with van der Waals surface area (Å²) in [5.74, 6) is 0.0107. The molecule has 0 aliphatic heterocycles. The van der Waals surface area contributed by atoms with Crippen molar-refractivity contribution in [3.05, 3.63) is 48.6 Å². The number of hydrogen-bond donors (Lipinski definition) is 1. The lowest BCUT2D eigenvalue weighted by molar-refractivity contribution is -0.116. The zero-order valence-electron chi connectivity index (χ0n) is 13.1. The molecule has 0 aromatic heterocycles. The first-order valence-corrected chi connectivity index (χ1v) is 8.06. The van der Waals surface area contributed by atoms with Crippen molar-refractivity contribution in [2.45, 2.75) is 63.9 Å². The third-order valence-corrected chi connectivity index (χ3v) is 3.55. The zero-order valence-corrected chi connectivity index (χ0v) is 13.1. The Morgan fingerprint density at radius 2 is 1.76 bits per heavy atom. The van der Waals surface area contributed by atoms with Crippen LogP contribution in [0.3, 0.4) is 0 Å². The molecule has 1 aliphatic rings. The molecule has 21 heavy (non-hydrogen) atoms. The van der Waals surface area contributed by atoms with Crippen LogP contribution >= 0.6 is 0 Å². The summed E-state index contributed by atoms with van der Waals surface area (Å²) >= 11 is 0. The monoisotopic (exact) mass is 288 g/mol. The Morgan fingerprint density at radius 3 is 2.38 bits per heavy atom. The molecule has 2 heteroatoms. The van der Waals surface area contributed by atoms with Crippen molar-refractivity contribution in [3.8, 4) is 0 Å². The Hall–Kier alpha value is -1.41. The van der Waals surface area contributed by atoms with Crippen molar-refractivity contribution in [2.24, 2.45) is 0 Å². The molecule has 2 nitrogen and oxygen atoms in total. The summed E-state index contributed by atoms with van der Waals surface area (Å²) < 4.78 is 0. The molecule has 0 bridgehead atoms. The lowest BCUT2D eigenvalue weighted by atomic mass is 9.99. The molecule has 0 aromatic rings. The predicted octanol–water partition coefficient (Wildman–Crippen LogP) is 4.67. The van der Waals surface area contributed by atoms with Gasteiger partial charge in [0.05, 0.1) is 5.60 Å². The normalized spacial score (nSPS) is 22.5. The second-order valence-electron chi connectivity index (χ2n) is 5.67. The molecule has 0 aromatic carbocycles. The highest BCUT2D eigenvalue weighted by Crippen LogP contribution is 2.24. The van der Waals surface area contributed by atoms with Gasteiger partial charge in [-0.3, -0.25) is 4.79 Å². The average molecular weight is 288 g/mol. The fourth-order valence-corrected chi connectivity index (χ4v) is 2.27. The van der Waals surface area contributed by atoms with Crippen molar-refractivity contribution in [3.63, 3.8) is 0 Å². The van der Waals surface area contributed by atoms with Gasteiger partial charge in [0.15, 0.2) is 5.78 Å². The molecule has 0 spiro atoms. The summed E-state index contributed by atoms with van der Waals surface area (Å²) in [5, 5.41) is 10.0. The van der Waals surface area contributed by atoms with Crippen LogP contribution in [0.5, 0.6) is 0 Å². The van der Waals surface area contributed by atoms with E-state index in [1.54, 1.807) is 6.08 Å². The van der Waals surface area contributed by atoms with Crippen LogP contribution in [0.1, 0.15) is 58.3 Å². The first-order chi connectivity index (χ1) is 10.2. The lowest BCUT2D eigenvalue weighted by Crippen LogP contribution is -2.23. The minimum absolute atomic E-state index is 0.0107. The van der Waals surface area contributed by atoms with E-state index >= 15 is 0 Å². The number of hydrogen-bond acceptors (Lipinski definition) is 2. The van der Waals surface area contributed by atoms with Gasteiger partial charge in [0.25, 0.3) is 0 Å². The van der Waals surface area contributed by atoms with Crippen molar-refractivity contribution in [1.29, 1.82) is 0 Å². The smallest absolute Gasteiger partial charge is 0.158 e. The van der Waals surface area contributed by atoms with Crippen LogP contribution in [-0.2, 0) is 4.79 Å². The molecule has 1 rings (SSSR count). The second kappa shape index (κ2) is 10.3. The largest absolute Gasteiger partial charge is 0.385 e. The lowest BCUT2D eigenvalue weighted by Gasteiger charge is -2.16. The van der Waals surface area contributed by atoms with Crippen LogP contribution in [0.2, 0.25) is 0 Å². The van der Waals surface area contributed by atoms with Crippen molar-refractivity contribution in [1.82, 2.24) is 0 Å². The molecule has 0 heterocycles. The summed E-state index contributed by atoms with van der Waals surface area (Å²) in [5.41, 5.74) is -0.946. The van der Waals surface area contributed by atoms with E-state index in [1.165, 1.54) is 31.8 Å². The predicted molar refractivity (Wildman–Crippen MR) is 89.1 cm³/mol. The fraction of sp³-hybridized carbons (Fsp3) is 0.526. The maximum absolute atomic E-state index is 11.1. The third kappa shape index (κ3) is 8.46. The summed E-state index contributed by atoms with van der Waals surface area (Å²) in [4.78, 5) is 11.1. The van der Waals surface area contributed by atoms with Gasteiger partial charge in [-0.25, -0.2) is 0 Å². The van der Waals surface area contributed by atoms with Crippen LogP contribution in [0, 0.1) is 0 Å². The maximum atomic E-state index is 11.1. The van der Waals surface area contributed by atoms with Gasteiger partial charge in [-0.05, 0) is 44.3 Å². The molecule has 0 amide bonds. The number of rotatable bonds is 10. The van der Waals surface area contributed by atoms with Crippen LogP contribution in [0.4, 0.5) is 0 Å². The van der Waals surface area contributed by atoms with E-state index in [0.29, 0.717) is 6.42 Å². The molecule has 0 saturated carbocycles. The van der Waals surface area contributed by atoms with Gasteiger partial charge in [0.2, 0.25) is 0 Å². The Morgan fingerprint density at radius 1 is 1.10 bits per heavy atom. The summed E-state index contributed by atoms with van der Waals surface area (Å²) in [6.07, 6.45) is 23.5. The molecule has 1 atom stereocenters. The zero-order chi connectivity index (χ0) is 15.4. The van der Waals surface area contributed by atoms with Crippen molar-refractivity contribution < 1.29 is 9.90 Å². The number of allylic oxidation sites excluding steroid dienone is 6. The topological polar surface area (TPSA) is 37.3 Å². The van der Waals surface area contributed by atoms with E-state index in [2.05, 4.69) is 31.2 Å². The van der Waals surface area contributed by atoms with Gasteiger partial charge >= 0.3 is 0 Å². The minimum Gasteiger partial charge on any atom is -0.385 e. The van der Waals surface area contributed by atoms with E-state index in [1.807, 2.05) is 12.2 Å². The molecule has 1 aliphatic carbocycles. The van der Waals surface area contributed by atoms with E-state index in [9.17, 15) is 9.90 Å². The molecule has 0 radical (unpaired) electrons. The Balaban J connectivity index is 2.05. The average Bonchev–Trinajstić information content (AvgIpc) is 2.80. The number of aliphatic hydroxyl groups is 1. The van der Waals surface area contributed by atoms with Crippen LogP contribution < -0.4 is 0 Å². The van der Waals surface area contributed by atoms with E-state index in [0.717, 1.165) is 12.8 Å². The molecule has 0 fully saturated rings. The highest BCUT2D eigenvalue weighted by Gasteiger charge is 2.29. The van der Waals surface area contributed by atoms with Gasteiger partial charge in [-0.2, -0.15) is 0 Å². The molecule has 0 unspecified atom stereocenters. The summed E-state index contributed by atoms with van der Waals surface area (Å²) in [6, 6.07) is 0. The van der Waals surface area contributed by atoms with Crippen LogP contribution in [0.25, 0.3) is 0 Å². The molecular weight excluding hydrogens is 260 g/mol. The quantitative estimate of drug-likeness (QED) is 0.468. The second-order valence-corrected chi connectivity index (χ2v) is 5.67. The first-order valence-electron chi connectivity index (χ1n) is 8.06. The third-order valence-electron chi connectivity index (χ3n) is 3.55. The van der Waals surface area contributed by atoms with Gasteiger partial charge < -0.3 is 5.11 Å². The maximum Gasteiger partial charge on any atom is 0.158 e. The van der Waals surface area contributed by atoms with E-state index in [-0.39, 0.29) is 12.2 Å². The van der Waals surface area contributed by atoms with Crippen LogP contribution in [-0.4, -0.2) is 16.5 Å². The first kappa shape index (κ1) is 17.6. The van der Waals surface area contributed by atoms with Gasteiger partial charge in [-0.15, -0.1) is 0 Å². The van der Waals surface area contributed by atoms with Crippen molar-refractivity contribution in [2.75, 3.05) is 0 Å². The number of unbranched alkanes of at least 4 members (excludes halogenated alkanes) is 3. The molecule has 0 saturated heterocycles. The Kier molecular flexibility index (Phi) is 8.68. The minimum atomic E-state index is -0.946. The molecule has 1 N–H and O–H groups in total. The van der Waals surface area contributed by atoms with Gasteiger partial charge in [0, 0.05) is 6.42 Å². The summed E-state index contributed by atoms with van der Waals surface area (Å²) in [6.45, 7) is 2.22. The van der Waals surface area contributed by atoms with Crippen LogP contribution in [0.15, 0.2) is 48.6 Å². The molecule has 116 valence electrons. The number of carbonyl (C=O) groups is 1.